The van der Waals surface area contributed by atoms with E-state index in [2.05, 4.69) is 4.99 Å². The number of nitrogens with zero attached hydrogens (tertiary/aromatic N) is 2. The molecule has 0 bridgehead atoms. The van der Waals surface area contributed by atoms with Crippen LogP contribution in [0.1, 0.15) is 31.0 Å². The van der Waals surface area contributed by atoms with E-state index in [9.17, 15) is 14.0 Å². The topological polar surface area (TPSA) is 59.0 Å². The fourth-order valence-electron chi connectivity index (χ4n) is 3.43. The average Bonchev–Trinajstić information content (AvgIpc) is 3.00. The van der Waals surface area contributed by atoms with Gasteiger partial charge < -0.3 is 4.74 Å². The normalized spacial score (nSPS) is 21.1. The SMILES string of the molecule is CC1=C(C(=O)OCc2ccccc2)C(c2ccc(F)cc2)N2C(=O)C(C)SC2=N1. The highest BCUT2D eigenvalue weighted by Crippen LogP contribution is 2.43. The third-order valence-corrected chi connectivity index (χ3v) is 5.93. The molecule has 0 aliphatic carbocycles. The van der Waals surface area contributed by atoms with Crippen molar-refractivity contribution in [1.29, 1.82) is 0 Å². The monoisotopic (exact) mass is 410 g/mol. The third kappa shape index (κ3) is 3.70. The van der Waals surface area contributed by atoms with Crippen LogP contribution in [0.3, 0.4) is 0 Å². The van der Waals surface area contributed by atoms with E-state index in [0.717, 1.165) is 5.56 Å². The van der Waals surface area contributed by atoms with Crippen LogP contribution in [0.4, 0.5) is 4.39 Å². The minimum atomic E-state index is -0.698. The van der Waals surface area contributed by atoms with Crippen LogP contribution in [-0.2, 0) is 20.9 Å². The number of aliphatic imine (C=N–C) groups is 1. The van der Waals surface area contributed by atoms with Gasteiger partial charge in [0.15, 0.2) is 5.17 Å². The summed E-state index contributed by atoms with van der Waals surface area (Å²) in [5.41, 5.74) is 2.28. The first kappa shape index (κ1) is 19.4. The number of esters is 1. The molecule has 5 nitrogen and oxygen atoms in total. The van der Waals surface area contributed by atoms with Gasteiger partial charge >= 0.3 is 5.97 Å². The molecule has 7 heteroatoms. The van der Waals surface area contributed by atoms with Crippen molar-refractivity contribution in [1.82, 2.24) is 4.90 Å². The molecule has 2 unspecified atom stereocenters. The van der Waals surface area contributed by atoms with E-state index in [1.807, 2.05) is 30.3 Å². The minimum absolute atomic E-state index is 0.113. The number of hydrogen-bond donors (Lipinski definition) is 0. The molecule has 0 spiro atoms. The number of halogens is 1. The number of ether oxygens (including phenoxy) is 1. The molecular weight excluding hydrogens is 391 g/mol. The maximum atomic E-state index is 13.5. The van der Waals surface area contributed by atoms with Gasteiger partial charge in [-0.05, 0) is 37.1 Å². The number of hydrogen-bond acceptors (Lipinski definition) is 5. The van der Waals surface area contributed by atoms with Crippen molar-refractivity contribution in [2.24, 2.45) is 4.99 Å². The highest BCUT2D eigenvalue weighted by atomic mass is 32.2. The quantitative estimate of drug-likeness (QED) is 0.709. The van der Waals surface area contributed by atoms with E-state index in [0.29, 0.717) is 22.0 Å². The molecule has 2 atom stereocenters. The molecule has 0 saturated carbocycles. The Morgan fingerprint density at radius 3 is 2.55 bits per heavy atom. The summed E-state index contributed by atoms with van der Waals surface area (Å²) >= 11 is 1.35. The van der Waals surface area contributed by atoms with Gasteiger partial charge in [0.1, 0.15) is 12.4 Å². The van der Waals surface area contributed by atoms with Crippen LogP contribution in [0, 0.1) is 5.82 Å². The summed E-state index contributed by atoms with van der Waals surface area (Å²) in [6.45, 7) is 3.65. The molecule has 2 aromatic rings. The molecule has 1 amide bonds. The number of fused-ring (bicyclic) bond motifs is 1. The van der Waals surface area contributed by atoms with Crippen LogP contribution in [0.2, 0.25) is 0 Å². The Balaban J connectivity index is 1.71. The van der Waals surface area contributed by atoms with Crippen molar-refractivity contribution in [2.75, 3.05) is 0 Å². The van der Waals surface area contributed by atoms with Crippen molar-refractivity contribution >= 4 is 28.8 Å². The highest BCUT2D eigenvalue weighted by Gasteiger charge is 2.46. The van der Waals surface area contributed by atoms with E-state index >= 15 is 0 Å². The van der Waals surface area contributed by atoms with Gasteiger partial charge in [-0.25, -0.2) is 14.2 Å². The first-order valence-electron chi connectivity index (χ1n) is 9.21. The molecule has 148 valence electrons. The lowest BCUT2D eigenvalue weighted by Crippen LogP contribution is -2.40. The van der Waals surface area contributed by atoms with E-state index in [1.165, 1.54) is 28.8 Å². The number of allylic oxidation sites excluding steroid dienone is 1. The number of thioether (sulfide) groups is 1. The summed E-state index contributed by atoms with van der Waals surface area (Å²) in [7, 11) is 0. The fourth-order valence-corrected chi connectivity index (χ4v) is 4.45. The van der Waals surface area contributed by atoms with Gasteiger partial charge in [-0.3, -0.25) is 9.69 Å². The van der Waals surface area contributed by atoms with Crippen molar-refractivity contribution in [2.45, 2.75) is 31.7 Å². The van der Waals surface area contributed by atoms with Gasteiger partial charge in [0, 0.05) is 0 Å². The van der Waals surface area contributed by atoms with Crippen LogP contribution in [0.15, 0.2) is 70.9 Å². The molecule has 1 saturated heterocycles. The van der Waals surface area contributed by atoms with Gasteiger partial charge in [0.2, 0.25) is 5.91 Å². The Kier molecular flexibility index (Phi) is 5.24. The largest absolute Gasteiger partial charge is 0.457 e. The van der Waals surface area contributed by atoms with Crippen LogP contribution < -0.4 is 0 Å². The molecule has 1 fully saturated rings. The summed E-state index contributed by atoms with van der Waals surface area (Å²) in [6, 6.07) is 14.5. The highest BCUT2D eigenvalue weighted by molar-refractivity contribution is 8.15. The summed E-state index contributed by atoms with van der Waals surface area (Å²) in [5, 5.41) is 0.248. The molecule has 2 aromatic carbocycles. The zero-order valence-electron chi connectivity index (χ0n) is 16.0. The summed E-state index contributed by atoms with van der Waals surface area (Å²) in [6.07, 6.45) is 0. The Morgan fingerprint density at radius 1 is 1.17 bits per heavy atom. The first-order chi connectivity index (χ1) is 14.0. The second-order valence-corrected chi connectivity index (χ2v) is 8.19. The van der Waals surface area contributed by atoms with Crippen molar-refractivity contribution in [3.8, 4) is 0 Å². The third-order valence-electron chi connectivity index (χ3n) is 4.88. The Bertz CT molecular complexity index is 1020. The number of benzene rings is 2. The van der Waals surface area contributed by atoms with Crippen molar-refractivity contribution in [3.05, 3.63) is 82.8 Å². The molecule has 0 aromatic heterocycles. The van der Waals surface area contributed by atoms with Crippen LogP contribution in [0.5, 0.6) is 0 Å². The molecule has 0 N–H and O–H groups in total. The molecule has 2 aliphatic rings. The molecule has 0 radical (unpaired) electrons. The van der Waals surface area contributed by atoms with E-state index < -0.39 is 12.0 Å². The summed E-state index contributed by atoms with van der Waals surface area (Å²) < 4.78 is 19.0. The molecule has 4 rings (SSSR count). The second kappa shape index (κ2) is 7.83. The molecular formula is C22H19FN2O3S. The Hall–Kier alpha value is -2.93. The van der Waals surface area contributed by atoms with Crippen molar-refractivity contribution in [3.63, 3.8) is 0 Å². The predicted molar refractivity (Wildman–Crippen MR) is 109 cm³/mol. The summed E-state index contributed by atoms with van der Waals surface area (Å²) in [4.78, 5) is 31.9. The lowest BCUT2D eigenvalue weighted by Gasteiger charge is -2.33. The Labute approximate surface area is 172 Å². The van der Waals surface area contributed by atoms with Crippen LogP contribution in [0.25, 0.3) is 0 Å². The zero-order valence-corrected chi connectivity index (χ0v) is 16.8. The van der Waals surface area contributed by atoms with E-state index in [4.69, 9.17) is 4.74 Å². The van der Waals surface area contributed by atoms with E-state index in [-0.39, 0.29) is 23.6 Å². The smallest absolute Gasteiger partial charge is 0.338 e. The lowest BCUT2D eigenvalue weighted by molar-refractivity contribution is -0.141. The van der Waals surface area contributed by atoms with Gasteiger partial charge in [-0.15, -0.1) is 0 Å². The predicted octanol–water partition coefficient (Wildman–Crippen LogP) is 4.22. The number of amides is 1. The van der Waals surface area contributed by atoms with E-state index in [1.54, 1.807) is 26.0 Å². The number of carbonyl (C=O) groups is 2. The second-order valence-electron chi connectivity index (χ2n) is 6.88. The average molecular weight is 410 g/mol. The Morgan fingerprint density at radius 2 is 1.86 bits per heavy atom. The van der Waals surface area contributed by atoms with Crippen LogP contribution in [-0.4, -0.2) is 27.2 Å². The summed E-state index contributed by atoms with van der Waals surface area (Å²) in [5.74, 6) is -1.06. The molecule has 2 aliphatic heterocycles. The van der Waals surface area contributed by atoms with Gasteiger partial charge in [-0.1, -0.05) is 54.2 Å². The fraction of sp³-hybridized carbons (Fsp3) is 0.227. The van der Waals surface area contributed by atoms with Crippen LogP contribution >= 0.6 is 11.8 Å². The lowest BCUT2D eigenvalue weighted by atomic mass is 9.94. The van der Waals surface area contributed by atoms with Crippen molar-refractivity contribution < 1.29 is 18.7 Å². The van der Waals surface area contributed by atoms with Gasteiger partial charge in [0.25, 0.3) is 0 Å². The zero-order chi connectivity index (χ0) is 20.5. The number of rotatable bonds is 4. The number of carbonyl (C=O) groups excluding carboxylic acids is 2. The molecule has 2 heterocycles. The standard InChI is InChI=1S/C22H19FN2O3S/c1-13-18(21(27)28-12-15-6-4-3-5-7-15)19(16-8-10-17(23)11-9-16)25-20(26)14(2)29-22(25)24-13/h3-11,14,19H,12H2,1-2H3. The number of amidine groups is 1. The minimum Gasteiger partial charge on any atom is -0.457 e. The van der Waals surface area contributed by atoms with Gasteiger partial charge in [0.05, 0.1) is 22.6 Å². The first-order valence-corrected chi connectivity index (χ1v) is 10.1. The maximum absolute atomic E-state index is 13.5. The maximum Gasteiger partial charge on any atom is 0.338 e. The molecule has 29 heavy (non-hydrogen) atoms. The van der Waals surface area contributed by atoms with Gasteiger partial charge in [-0.2, -0.15) is 0 Å².